The zero-order chi connectivity index (χ0) is 11.2. The molecule has 0 fully saturated rings. The largest absolute Gasteiger partial charge is 0.409 e. The molecular weight excluding hydrogens is 186 g/mol. The van der Waals surface area contributed by atoms with Crippen LogP contribution in [0.1, 0.15) is 20.3 Å². The van der Waals surface area contributed by atoms with Crippen molar-refractivity contribution in [2.75, 3.05) is 13.7 Å². The van der Waals surface area contributed by atoms with Crippen molar-refractivity contribution >= 4 is 11.7 Å². The molecule has 0 aromatic heterocycles. The molecule has 0 bridgehead atoms. The fourth-order valence-corrected chi connectivity index (χ4v) is 0.746. The molecular formula is C8H17N3O3. The number of carbonyl (C=O) groups is 1. The average Bonchev–Trinajstić information content (AvgIpc) is 2.13. The Morgan fingerprint density at radius 3 is 2.64 bits per heavy atom. The highest BCUT2D eigenvalue weighted by atomic mass is 16.5. The van der Waals surface area contributed by atoms with Gasteiger partial charge in [0, 0.05) is 7.11 Å². The fraction of sp³-hybridized carbons (Fsp3) is 0.750. The number of hydrogen-bond donors (Lipinski definition) is 3. The molecule has 0 aliphatic heterocycles. The van der Waals surface area contributed by atoms with Gasteiger partial charge in [0.1, 0.15) is 0 Å². The van der Waals surface area contributed by atoms with Gasteiger partial charge in [-0.2, -0.15) is 0 Å². The van der Waals surface area contributed by atoms with E-state index in [4.69, 9.17) is 15.7 Å². The molecule has 0 rings (SSSR count). The summed E-state index contributed by atoms with van der Waals surface area (Å²) in [4.78, 5) is 11.3. The van der Waals surface area contributed by atoms with Crippen molar-refractivity contribution in [3.05, 3.63) is 0 Å². The van der Waals surface area contributed by atoms with Gasteiger partial charge in [-0.1, -0.05) is 5.16 Å². The Hall–Kier alpha value is -1.30. The number of nitrogens with one attached hydrogen (secondary N) is 1. The van der Waals surface area contributed by atoms with E-state index in [0.717, 1.165) is 0 Å². The molecule has 4 N–H and O–H groups in total. The quantitative estimate of drug-likeness (QED) is 0.246. The number of rotatable bonds is 5. The summed E-state index contributed by atoms with van der Waals surface area (Å²) in [6.45, 7) is 3.64. The minimum atomic E-state index is -0.505. The molecule has 0 heterocycles. The topological polar surface area (TPSA) is 96.9 Å². The molecule has 0 spiro atoms. The Morgan fingerprint density at radius 2 is 2.21 bits per heavy atom. The maximum absolute atomic E-state index is 11.3. The van der Waals surface area contributed by atoms with Crippen molar-refractivity contribution in [1.29, 1.82) is 0 Å². The number of oxime groups is 1. The first-order valence-electron chi connectivity index (χ1n) is 4.19. The zero-order valence-electron chi connectivity index (χ0n) is 8.70. The number of nitrogens with zero attached hydrogens (tertiary/aromatic N) is 1. The van der Waals surface area contributed by atoms with Crippen molar-refractivity contribution in [2.24, 2.45) is 10.9 Å². The van der Waals surface area contributed by atoms with Gasteiger partial charge in [-0.15, -0.1) is 0 Å². The second kappa shape index (κ2) is 5.43. The lowest BCUT2D eigenvalue weighted by atomic mass is 10.1. The first kappa shape index (κ1) is 12.7. The van der Waals surface area contributed by atoms with Crippen LogP contribution in [0.2, 0.25) is 0 Å². The van der Waals surface area contributed by atoms with Crippen LogP contribution in [-0.4, -0.2) is 36.2 Å². The van der Waals surface area contributed by atoms with Gasteiger partial charge in [0.2, 0.25) is 5.91 Å². The minimum absolute atomic E-state index is 0.0337. The van der Waals surface area contributed by atoms with E-state index in [0.29, 0.717) is 0 Å². The standard InChI is InChI=1S/C8H17N3O3/c1-8(2,14-3)4-7(12)10-5-6(9)11-13/h13H,4-5H2,1-3H3,(H2,9,11)(H,10,12). The van der Waals surface area contributed by atoms with Crippen LogP contribution in [0, 0.1) is 0 Å². The molecule has 0 aromatic carbocycles. The fourth-order valence-electron chi connectivity index (χ4n) is 0.746. The van der Waals surface area contributed by atoms with Crippen molar-refractivity contribution in [3.8, 4) is 0 Å². The summed E-state index contributed by atoms with van der Waals surface area (Å²) < 4.78 is 5.07. The molecule has 82 valence electrons. The lowest BCUT2D eigenvalue weighted by Gasteiger charge is -2.21. The molecule has 14 heavy (non-hydrogen) atoms. The summed E-state index contributed by atoms with van der Waals surface area (Å²) in [5.41, 5.74) is 4.67. The maximum Gasteiger partial charge on any atom is 0.223 e. The van der Waals surface area contributed by atoms with Crippen LogP contribution in [0.5, 0.6) is 0 Å². The van der Waals surface area contributed by atoms with Crippen molar-refractivity contribution in [1.82, 2.24) is 5.32 Å². The van der Waals surface area contributed by atoms with Crippen LogP contribution in [0.3, 0.4) is 0 Å². The molecule has 0 saturated heterocycles. The van der Waals surface area contributed by atoms with Crippen LogP contribution in [0.4, 0.5) is 0 Å². The van der Waals surface area contributed by atoms with Gasteiger partial charge >= 0.3 is 0 Å². The molecule has 0 radical (unpaired) electrons. The Morgan fingerprint density at radius 1 is 1.64 bits per heavy atom. The van der Waals surface area contributed by atoms with Crippen molar-refractivity contribution in [2.45, 2.75) is 25.9 Å². The van der Waals surface area contributed by atoms with Crippen LogP contribution in [0.15, 0.2) is 5.16 Å². The number of ether oxygens (including phenoxy) is 1. The molecule has 1 amide bonds. The lowest BCUT2D eigenvalue weighted by molar-refractivity contribution is -0.125. The maximum atomic E-state index is 11.3. The van der Waals surface area contributed by atoms with E-state index in [1.807, 2.05) is 0 Å². The van der Waals surface area contributed by atoms with Gasteiger partial charge in [-0.3, -0.25) is 4.79 Å². The van der Waals surface area contributed by atoms with E-state index in [1.54, 1.807) is 13.8 Å². The molecule has 0 aromatic rings. The molecule has 0 unspecified atom stereocenters. The highest BCUT2D eigenvalue weighted by Crippen LogP contribution is 2.11. The van der Waals surface area contributed by atoms with Crippen molar-refractivity contribution in [3.63, 3.8) is 0 Å². The van der Waals surface area contributed by atoms with Gasteiger partial charge in [-0.05, 0) is 13.8 Å². The number of methoxy groups -OCH3 is 1. The monoisotopic (exact) mass is 203 g/mol. The first-order chi connectivity index (χ1) is 6.41. The predicted molar refractivity (Wildman–Crippen MR) is 52.1 cm³/mol. The number of carbonyl (C=O) groups excluding carboxylic acids is 1. The Balaban J connectivity index is 3.88. The van der Waals surface area contributed by atoms with E-state index in [1.165, 1.54) is 7.11 Å². The highest BCUT2D eigenvalue weighted by molar-refractivity contribution is 5.87. The van der Waals surface area contributed by atoms with Crippen LogP contribution < -0.4 is 11.1 Å². The van der Waals surface area contributed by atoms with E-state index in [9.17, 15) is 4.79 Å². The number of amidine groups is 1. The number of amides is 1. The summed E-state index contributed by atoms with van der Waals surface area (Å²) in [5.74, 6) is -0.239. The molecule has 6 heteroatoms. The smallest absolute Gasteiger partial charge is 0.223 e. The van der Waals surface area contributed by atoms with Gasteiger partial charge in [0.05, 0.1) is 18.6 Å². The average molecular weight is 203 g/mol. The van der Waals surface area contributed by atoms with Crippen molar-refractivity contribution < 1.29 is 14.7 Å². The summed E-state index contributed by atoms with van der Waals surface area (Å²) in [7, 11) is 1.54. The van der Waals surface area contributed by atoms with Gasteiger partial charge in [0.25, 0.3) is 0 Å². The second-order valence-corrected chi connectivity index (χ2v) is 3.51. The molecule has 0 saturated carbocycles. The summed E-state index contributed by atoms with van der Waals surface area (Å²) in [6, 6.07) is 0. The SMILES string of the molecule is COC(C)(C)CC(=O)NCC(N)=NO. The minimum Gasteiger partial charge on any atom is -0.409 e. The van der Waals surface area contributed by atoms with Crippen LogP contribution in [-0.2, 0) is 9.53 Å². The van der Waals surface area contributed by atoms with Gasteiger partial charge in [-0.25, -0.2) is 0 Å². The third-order valence-electron chi connectivity index (χ3n) is 1.73. The summed E-state index contributed by atoms with van der Waals surface area (Å²) in [5, 5.41) is 13.4. The number of nitrogens with two attached hydrogens (primary N) is 1. The van der Waals surface area contributed by atoms with Gasteiger partial charge < -0.3 is 21.0 Å². The highest BCUT2D eigenvalue weighted by Gasteiger charge is 2.20. The van der Waals surface area contributed by atoms with Gasteiger partial charge in [0.15, 0.2) is 5.84 Å². The van der Waals surface area contributed by atoms with E-state index in [2.05, 4.69) is 10.5 Å². The predicted octanol–water partition coefficient (Wildman–Crippen LogP) is -0.336. The molecule has 6 nitrogen and oxygen atoms in total. The zero-order valence-corrected chi connectivity index (χ0v) is 8.70. The third kappa shape index (κ3) is 5.36. The van der Waals surface area contributed by atoms with Crippen LogP contribution >= 0.6 is 0 Å². The lowest BCUT2D eigenvalue weighted by Crippen LogP contribution is -2.38. The Kier molecular flexibility index (Phi) is 4.93. The summed E-state index contributed by atoms with van der Waals surface area (Å²) in [6.07, 6.45) is 0.224. The first-order valence-corrected chi connectivity index (χ1v) is 4.19. The number of hydrogen-bond acceptors (Lipinski definition) is 4. The summed E-state index contributed by atoms with van der Waals surface area (Å²) >= 11 is 0. The van der Waals surface area contributed by atoms with E-state index < -0.39 is 5.60 Å². The Labute approximate surface area is 83.1 Å². The van der Waals surface area contributed by atoms with E-state index >= 15 is 0 Å². The second-order valence-electron chi connectivity index (χ2n) is 3.51. The normalized spacial score (nSPS) is 12.6. The Bertz CT molecular complexity index is 226. The molecule has 0 aliphatic rings. The van der Waals surface area contributed by atoms with E-state index in [-0.39, 0.29) is 24.7 Å². The third-order valence-corrected chi connectivity index (χ3v) is 1.73. The molecule has 0 aliphatic carbocycles. The molecule has 0 atom stereocenters. The van der Waals surface area contributed by atoms with Crippen LogP contribution in [0.25, 0.3) is 0 Å².